The molecule has 0 amide bonds. The summed E-state index contributed by atoms with van der Waals surface area (Å²) in [5.41, 5.74) is 0. The molecule has 2 aromatic rings. The van der Waals surface area contributed by atoms with Gasteiger partial charge in [0.15, 0.2) is 11.5 Å². The molecule has 0 aliphatic heterocycles. The monoisotopic (exact) mass is 403 g/mol. The van der Waals surface area contributed by atoms with Crippen LogP contribution in [-0.4, -0.2) is 29.2 Å². The van der Waals surface area contributed by atoms with E-state index in [4.69, 9.17) is 25.8 Å². The molecule has 136 valence electrons. The smallest absolute Gasteiger partial charge is 0.250 e. The lowest BCUT2D eigenvalue weighted by Crippen LogP contribution is -2.23. The molecule has 0 aliphatic carbocycles. The number of benzene rings is 1. The summed E-state index contributed by atoms with van der Waals surface area (Å²) in [6.45, 7) is 3.82. The van der Waals surface area contributed by atoms with Gasteiger partial charge < -0.3 is 14.2 Å². The Hall–Kier alpha value is -1.74. The Morgan fingerprint density at radius 2 is 1.92 bits per heavy atom. The van der Waals surface area contributed by atoms with Gasteiger partial charge in [-0.25, -0.2) is 13.1 Å². The predicted molar refractivity (Wildman–Crippen MR) is 99.0 cm³/mol. The highest BCUT2D eigenvalue weighted by atomic mass is 35.5. The molecule has 0 atom stereocenters. The van der Waals surface area contributed by atoms with Gasteiger partial charge in [0.1, 0.15) is 4.21 Å². The van der Waals surface area contributed by atoms with Gasteiger partial charge in [0.05, 0.1) is 19.2 Å². The van der Waals surface area contributed by atoms with Crippen LogP contribution < -0.4 is 18.9 Å². The number of methoxy groups -OCH3 is 2. The van der Waals surface area contributed by atoms with Gasteiger partial charge in [-0.3, -0.25) is 0 Å². The van der Waals surface area contributed by atoms with Gasteiger partial charge in [-0.05, 0) is 24.6 Å². The molecule has 0 saturated carbocycles. The predicted octanol–water partition coefficient (Wildman–Crippen LogP) is 4.07. The lowest BCUT2D eigenvalue weighted by molar-refractivity contribution is 0.349. The molecular weight excluding hydrogens is 386 g/mol. The summed E-state index contributed by atoms with van der Waals surface area (Å²) in [7, 11) is -0.670. The molecule has 0 spiro atoms. The number of hydrogen-bond donors (Lipinski definition) is 1. The molecule has 0 fully saturated rings. The Morgan fingerprint density at radius 3 is 2.48 bits per heavy atom. The lowest BCUT2D eigenvalue weighted by atomic mass is 10.3. The molecule has 0 saturated heterocycles. The number of rotatable bonds is 9. The Morgan fingerprint density at radius 1 is 1.28 bits per heavy atom. The normalized spacial score (nSPS) is 11.2. The number of para-hydroxylation sites is 1. The molecule has 1 heterocycles. The Bertz CT molecular complexity index is 826. The van der Waals surface area contributed by atoms with E-state index in [0.29, 0.717) is 23.7 Å². The zero-order chi connectivity index (χ0) is 18.4. The average Bonchev–Trinajstić information content (AvgIpc) is 2.97. The first kappa shape index (κ1) is 19.6. The van der Waals surface area contributed by atoms with Crippen molar-refractivity contribution in [3.05, 3.63) is 41.9 Å². The largest absolute Gasteiger partial charge is 0.493 e. The number of nitrogens with one attached hydrogen (secondary N) is 1. The highest BCUT2D eigenvalue weighted by Gasteiger charge is 2.22. The van der Waals surface area contributed by atoms with E-state index in [-0.39, 0.29) is 20.8 Å². The standard InChI is InChI=1S/C16H18ClNO5S2/c1-4-5-9-18-25(19,20)14-10-11(17)16(24-14)23-15-12(21-2)7-6-8-13(15)22-3/h4,6-8,10,18H,1,5,9H2,2-3H3. The van der Waals surface area contributed by atoms with Gasteiger partial charge in [0.25, 0.3) is 0 Å². The van der Waals surface area contributed by atoms with Crippen molar-refractivity contribution in [3.63, 3.8) is 0 Å². The van der Waals surface area contributed by atoms with Crippen molar-refractivity contribution in [2.75, 3.05) is 20.8 Å². The number of halogens is 1. The maximum Gasteiger partial charge on any atom is 0.250 e. The van der Waals surface area contributed by atoms with E-state index in [1.54, 1.807) is 24.3 Å². The molecule has 25 heavy (non-hydrogen) atoms. The second-order valence-electron chi connectivity index (χ2n) is 4.77. The third-order valence-electron chi connectivity index (χ3n) is 3.12. The van der Waals surface area contributed by atoms with Crippen LogP contribution in [0.4, 0.5) is 0 Å². The quantitative estimate of drug-likeness (QED) is 0.504. The van der Waals surface area contributed by atoms with Crippen molar-refractivity contribution in [2.45, 2.75) is 10.6 Å². The van der Waals surface area contributed by atoms with E-state index in [1.807, 2.05) is 0 Å². The Kier molecular flexibility index (Phi) is 6.71. The van der Waals surface area contributed by atoms with Crippen molar-refractivity contribution in [1.29, 1.82) is 0 Å². The highest BCUT2D eigenvalue weighted by Crippen LogP contribution is 2.45. The van der Waals surface area contributed by atoms with Crippen LogP contribution in [0.15, 0.2) is 41.1 Å². The van der Waals surface area contributed by atoms with Crippen LogP contribution >= 0.6 is 22.9 Å². The summed E-state index contributed by atoms with van der Waals surface area (Å²) in [4.78, 5) is 0. The molecule has 6 nitrogen and oxygen atoms in total. The summed E-state index contributed by atoms with van der Waals surface area (Å²) < 4.78 is 43.4. The zero-order valence-electron chi connectivity index (χ0n) is 13.7. The SMILES string of the molecule is C=CCCNS(=O)(=O)c1cc(Cl)c(Oc2c(OC)cccc2OC)s1. The van der Waals surface area contributed by atoms with Gasteiger partial charge in [0.2, 0.25) is 20.8 Å². The molecule has 1 aromatic heterocycles. The highest BCUT2D eigenvalue weighted by molar-refractivity contribution is 7.91. The molecule has 2 rings (SSSR count). The molecule has 1 aromatic carbocycles. The molecule has 0 bridgehead atoms. The summed E-state index contributed by atoms with van der Waals surface area (Å²) >= 11 is 7.06. The van der Waals surface area contributed by atoms with Gasteiger partial charge in [0, 0.05) is 6.54 Å². The van der Waals surface area contributed by atoms with Crippen LogP contribution in [0.25, 0.3) is 0 Å². The molecule has 0 radical (unpaired) electrons. The van der Waals surface area contributed by atoms with E-state index in [1.165, 1.54) is 20.3 Å². The summed E-state index contributed by atoms with van der Waals surface area (Å²) in [6, 6.07) is 6.50. The van der Waals surface area contributed by atoms with Crippen LogP contribution in [0.5, 0.6) is 22.3 Å². The maximum absolute atomic E-state index is 12.3. The summed E-state index contributed by atoms with van der Waals surface area (Å²) in [6.07, 6.45) is 2.16. The first-order valence-electron chi connectivity index (χ1n) is 7.21. The maximum atomic E-state index is 12.3. The van der Waals surface area contributed by atoms with Gasteiger partial charge >= 0.3 is 0 Å². The van der Waals surface area contributed by atoms with Crippen molar-refractivity contribution in [3.8, 4) is 22.3 Å². The topological polar surface area (TPSA) is 73.9 Å². The second-order valence-corrected chi connectivity index (χ2v) is 8.19. The molecule has 0 unspecified atom stereocenters. The van der Waals surface area contributed by atoms with Gasteiger partial charge in [-0.15, -0.1) is 6.58 Å². The van der Waals surface area contributed by atoms with Crippen LogP contribution in [0.3, 0.4) is 0 Å². The minimum atomic E-state index is -3.66. The molecule has 0 aliphatic rings. The Labute approximate surface area is 156 Å². The van der Waals surface area contributed by atoms with Crippen LogP contribution in [0.2, 0.25) is 5.02 Å². The fraction of sp³-hybridized carbons (Fsp3) is 0.250. The first-order valence-corrected chi connectivity index (χ1v) is 9.89. The number of hydrogen-bond acceptors (Lipinski definition) is 6. The fourth-order valence-electron chi connectivity index (χ4n) is 1.91. The Balaban J connectivity index is 2.31. The van der Waals surface area contributed by atoms with Crippen molar-refractivity contribution in [2.24, 2.45) is 0 Å². The van der Waals surface area contributed by atoms with E-state index in [0.717, 1.165) is 11.3 Å². The lowest BCUT2D eigenvalue weighted by Gasteiger charge is -2.12. The van der Waals surface area contributed by atoms with Crippen LogP contribution in [-0.2, 0) is 10.0 Å². The third kappa shape index (κ3) is 4.66. The average molecular weight is 404 g/mol. The fourth-order valence-corrected chi connectivity index (χ4v) is 4.59. The van der Waals surface area contributed by atoms with E-state index >= 15 is 0 Å². The first-order chi connectivity index (χ1) is 11.9. The number of thiophene rings is 1. The summed E-state index contributed by atoms with van der Waals surface area (Å²) in [5, 5.41) is 0.413. The van der Waals surface area contributed by atoms with E-state index in [9.17, 15) is 8.42 Å². The summed E-state index contributed by atoms with van der Waals surface area (Å²) in [5.74, 6) is 1.20. The third-order valence-corrected chi connectivity index (χ3v) is 6.46. The van der Waals surface area contributed by atoms with Crippen molar-refractivity contribution >= 4 is 33.0 Å². The van der Waals surface area contributed by atoms with E-state index in [2.05, 4.69) is 11.3 Å². The van der Waals surface area contributed by atoms with Gasteiger partial charge in [-0.2, -0.15) is 0 Å². The molecule has 9 heteroatoms. The van der Waals surface area contributed by atoms with Crippen LogP contribution in [0, 0.1) is 0 Å². The van der Waals surface area contributed by atoms with Crippen LogP contribution in [0.1, 0.15) is 6.42 Å². The van der Waals surface area contributed by atoms with E-state index < -0.39 is 10.0 Å². The number of ether oxygens (including phenoxy) is 3. The molecular formula is C16H18ClNO5S2. The minimum Gasteiger partial charge on any atom is -0.493 e. The van der Waals surface area contributed by atoms with Gasteiger partial charge in [-0.1, -0.05) is 35.1 Å². The zero-order valence-corrected chi connectivity index (χ0v) is 16.1. The second kappa shape index (κ2) is 8.57. The molecule has 1 N–H and O–H groups in total. The van der Waals surface area contributed by atoms with Crippen molar-refractivity contribution < 1.29 is 22.6 Å². The number of sulfonamides is 1. The van der Waals surface area contributed by atoms with Crippen molar-refractivity contribution in [1.82, 2.24) is 4.72 Å². The minimum absolute atomic E-state index is 0.0606.